The molecule has 4 nitrogen and oxygen atoms in total. The van der Waals surface area contributed by atoms with Crippen LogP contribution in [0.5, 0.6) is 0 Å². The van der Waals surface area contributed by atoms with Gasteiger partial charge in [-0.25, -0.2) is 9.07 Å². The quantitative estimate of drug-likeness (QED) is 0.620. The van der Waals surface area contributed by atoms with Crippen molar-refractivity contribution in [1.29, 1.82) is 0 Å². The average molecular weight is 370 g/mol. The van der Waals surface area contributed by atoms with Gasteiger partial charge in [0.05, 0.1) is 6.67 Å². The fourth-order valence-electron chi connectivity index (χ4n) is 3.02. The third-order valence-corrected chi connectivity index (χ3v) is 4.94. The molecule has 0 radical (unpaired) electrons. The van der Waals surface area contributed by atoms with E-state index in [4.69, 9.17) is 12.2 Å². The molecule has 1 heterocycles. The highest BCUT2D eigenvalue weighted by Gasteiger charge is 2.12. The molecule has 1 aromatic heterocycles. The van der Waals surface area contributed by atoms with Crippen LogP contribution in [0.4, 0.5) is 4.39 Å². The van der Waals surface area contributed by atoms with E-state index in [1.165, 1.54) is 28.8 Å². The molecule has 0 saturated heterocycles. The smallest absolute Gasteiger partial charge is 0.199 e. The molecule has 0 atom stereocenters. The van der Waals surface area contributed by atoms with Gasteiger partial charge in [-0.1, -0.05) is 23.8 Å². The second-order valence-corrected chi connectivity index (χ2v) is 7.12. The second-order valence-electron chi connectivity index (χ2n) is 6.76. The summed E-state index contributed by atoms with van der Waals surface area (Å²) in [7, 11) is 3.93. The van der Waals surface area contributed by atoms with E-state index in [-0.39, 0.29) is 5.82 Å². The van der Waals surface area contributed by atoms with Crippen molar-refractivity contribution in [2.45, 2.75) is 27.1 Å². The highest BCUT2D eigenvalue weighted by molar-refractivity contribution is 7.71. The van der Waals surface area contributed by atoms with Crippen molar-refractivity contribution in [3.05, 3.63) is 69.7 Å². The monoisotopic (exact) mass is 370 g/mol. The van der Waals surface area contributed by atoms with Gasteiger partial charge < -0.3 is 4.57 Å². The van der Waals surface area contributed by atoms with Crippen LogP contribution in [-0.2, 0) is 20.3 Å². The van der Waals surface area contributed by atoms with Crippen molar-refractivity contribution in [3.8, 4) is 11.4 Å². The summed E-state index contributed by atoms with van der Waals surface area (Å²) in [5, 5.41) is 4.64. The molecule has 0 fully saturated rings. The van der Waals surface area contributed by atoms with E-state index >= 15 is 0 Å². The number of nitrogens with zero attached hydrogens (tertiary/aromatic N) is 4. The lowest BCUT2D eigenvalue weighted by Crippen LogP contribution is -2.23. The summed E-state index contributed by atoms with van der Waals surface area (Å²) in [5.41, 5.74) is 4.69. The van der Waals surface area contributed by atoms with Gasteiger partial charge in [0, 0.05) is 19.2 Å². The maximum atomic E-state index is 13.2. The predicted octanol–water partition coefficient (Wildman–Crippen LogP) is 4.46. The standard InChI is InChI=1S/C20H23FN4S/c1-14-5-6-17(15(2)11-14)12-23(3)13-25-20(26)24(4)19(22-25)16-7-9-18(21)10-8-16/h5-11H,12-13H2,1-4H3. The summed E-state index contributed by atoms with van der Waals surface area (Å²) in [4.78, 5) is 2.18. The van der Waals surface area contributed by atoms with Gasteiger partial charge in [-0.3, -0.25) is 4.90 Å². The average Bonchev–Trinajstić information content (AvgIpc) is 2.87. The first-order valence-electron chi connectivity index (χ1n) is 8.49. The van der Waals surface area contributed by atoms with Crippen LogP contribution in [0, 0.1) is 24.4 Å². The molecular weight excluding hydrogens is 347 g/mol. The van der Waals surface area contributed by atoms with Crippen LogP contribution in [-0.4, -0.2) is 26.3 Å². The van der Waals surface area contributed by atoms with Crippen molar-refractivity contribution in [3.63, 3.8) is 0 Å². The number of aryl methyl sites for hydroxylation is 2. The van der Waals surface area contributed by atoms with Crippen LogP contribution in [0.1, 0.15) is 16.7 Å². The van der Waals surface area contributed by atoms with Crippen LogP contribution < -0.4 is 0 Å². The number of benzene rings is 2. The summed E-state index contributed by atoms with van der Waals surface area (Å²) < 4.78 is 17.5. The Labute approximate surface area is 158 Å². The van der Waals surface area contributed by atoms with E-state index < -0.39 is 0 Å². The molecule has 3 aromatic rings. The Kier molecular flexibility index (Phi) is 5.34. The van der Waals surface area contributed by atoms with Crippen molar-refractivity contribution < 1.29 is 4.39 Å². The normalized spacial score (nSPS) is 11.3. The maximum absolute atomic E-state index is 13.2. The largest absolute Gasteiger partial charge is 0.303 e. The van der Waals surface area contributed by atoms with Gasteiger partial charge in [-0.05, 0) is 68.5 Å². The molecule has 0 aliphatic rings. The lowest BCUT2D eigenvalue weighted by Gasteiger charge is -2.18. The SMILES string of the molecule is Cc1ccc(CN(C)Cn2nc(-c3ccc(F)cc3)n(C)c2=S)c(C)c1. The molecule has 26 heavy (non-hydrogen) atoms. The zero-order valence-electron chi connectivity index (χ0n) is 15.5. The number of aromatic nitrogens is 3. The minimum Gasteiger partial charge on any atom is -0.303 e. The van der Waals surface area contributed by atoms with Gasteiger partial charge in [0.2, 0.25) is 0 Å². The number of halogens is 1. The minimum absolute atomic E-state index is 0.261. The van der Waals surface area contributed by atoms with Crippen molar-refractivity contribution >= 4 is 12.2 Å². The van der Waals surface area contributed by atoms with Crippen molar-refractivity contribution in [2.24, 2.45) is 7.05 Å². The predicted molar refractivity (Wildman–Crippen MR) is 105 cm³/mol. The van der Waals surface area contributed by atoms with Crippen LogP contribution in [0.25, 0.3) is 11.4 Å². The Morgan fingerprint density at radius 1 is 1.12 bits per heavy atom. The molecule has 0 bridgehead atoms. The Morgan fingerprint density at radius 2 is 1.81 bits per heavy atom. The van der Waals surface area contributed by atoms with Gasteiger partial charge in [0.15, 0.2) is 10.6 Å². The zero-order chi connectivity index (χ0) is 18.8. The summed E-state index contributed by atoms with van der Waals surface area (Å²) in [6.07, 6.45) is 0. The minimum atomic E-state index is -0.261. The first kappa shape index (κ1) is 18.5. The Bertz CT molecular complexity index is 972. The van der Waals surface area contributed by atoms with Gasteiger partial charge in [0.1, 0.15) is 5.82 Å². The fraction of sp³-hybridized carbons (Fsp3) is 0.300. The first-order chi connectivity index (χ1) is 12.3. The highest BCUT2D eigenvalue weighted by Crippen LogP contribution is 2.18. The molecule has 0 aliphatic heterocycles. The lowest BCUT2D eigenvalue weighted by molar-refractivity contribution is 0.243. The van der Waals surface area contributed by atoms with E-state index in [9.17, 15) is 4.39 Å². The van der Waals surface area contributed by atoms with E-state index in [1.807, 2.05) is 18.7 Å². The summed E-state index contributed by atoms with van der Waals surface area (Å²) in [5.74, 6) is 0.470. The van der Waals surface area contributed by atoms with E-state index in [2.05, 4.69) is 42.0 Å². The van der Waals surface area contributed by atoms with Gasteiger partial charge >= 0.3 is 0 Å². The van der Waals surface area contributed by atoms with E-state index in [0.717, 1.165) is 17.9 Å². The molecule has 2 aromatic carbocycles. The van der Waals surface area contributed by atoms with Crippen LogP contribution in [0.2, 0.25) is 0 Å². The van der Waals surface area contributed by atoms with Gasteiger partial charge in [0.25, 0.3) is 0 Å². The Hall–Kier alpha value is -2.31. The molecule has 0 aliphatic carbocycles. The Balaban J connectivity index is 1.80. The molecular formula is C20H23FN4S. The molecule has 0 N–H and O–H groups in total. The molecule has 0 spiro atoms. The maximum Gasteiger partial charge on any atom is 0.199 e. The second kappa shape index (κ2) is 7.51. The molecule has 0 amide bonds. The summed E-state index contributed by atoms with van der Waals surface area (Å²) in [6, 6.07) is 12.8. The number of hydrogen-bond acceptors (Lipinski definition) is 3. The molecule has 0 unspecified atom stereocenters. The van der Waals surface area contributed by atoms with Crippen molar-refractivity contribution in [2.75, 3.05) is 7.05 Å². The van der Waals surface area contributed by atoms with Crippen LogP contribution in [0.3, 0.4) is 0 Å². The Morgan fingerprint density at radius 3 is 2.46 bits per heavy atom. The lowest BCUT2D eigenvalue weighted by atomic mass is 10.1. The third-order valence-electron chi connectivity index (χ3n) is 4.46. The number of hydrogen-bond donors (Lipinski definition) is 0. The highest BCUT2D eigenvalue weighted by atomic mass is 32.1. The number of rotatable bonds is 5. The van der Waals surface area contributed by atoms with E-state index in [0.29, 0.717) is 11.4 Å². The van der Waals surface area contributed by atoms with Crippen LogP contribution in [0.15, 0.2) is 42.5 Å². The first-order valence-corrected chi connectivity index (χ1v) is 8.90. The molecule has 3 rings (SSSR count). The summed E-state index contributed by atoms with van der Waals surface area (Å²) in [6.45, 7) is 5.64. The fourth-order valence-corrected chi connectivity index (χ4v) is 3.21. The van der Waals surface area contributed by atoms with Gasteiger partial charge in [-0.2, -0.15) is 5.10 Å². The van der Waals surface area contributed by atoms with Gasteiger partial charge in [-0.15, -0.1) is 0 Å². The molecule has 0 saturated carbocycles. The zero-order valence-corrected chi connectivity index (χ0v) is 16.3. The van der Waals surface area contributed by atoms with Crippen molar-refractivity contribution in [1.82, 2.24) is 19.2 Å². The van der Waals surface area contributed by atoms with Crippen LogP contribution >= 0.6 is 12.2 Å². The summed E-state index contributed by atoms with van der Waals surface area (Å²) >= 11 is 5.53. The topological polar surface area (TPSA) is 26.0 Å². The molecule has 6 heteroatoms. The molecule has 136 valence electrons. The third kappa shape index (κ3) is 3.92. The van der Waals surface area contributed by atoms with E-state index in [1.54, 1.807) is 16.8 Å².